The number of hydrogen-bond acceptors (Lipinski definition) is 3. The van der Waals surface area contributed by atoms with Crippen LogP contribution in [0.5, 0.6) is 0 Å². The maximum absolute atomic E-state index is 13.2. The van der Waals surface area contributed by atoms with Crippen LogP contribution in [0.25, 0.3) is 0 Å². The first-order valence-electron chi connectivity index (χ1n) is 5.63. The number of ether oxygens (including phenoxy) is 1. The van der Waals surface area contributed by atoms with Gasteiger partial charge >= 0.3 is 5.97 Å². The largest absolute Gasteiger partial charge is 0.457 e. The number of halogens is 3. The molecule has 2 rings (SSSR count). The summed E-state index contributed by atoms with van der Waals surface area (Å²) >= 11 is 0. The van der Waals surface area contributed by atoms with E-state index in [1.54, 1.807) is 0 Å². The SMILES string of the molecule is Nc1ccc(C(=O)OCc2cc(F)cc(F)c2)cc1F. The highest BCUT2D eigenvalue weighted by Crippen LogP contribution is 2.14. The zero-order chi connectivity index (χ0) is 14.7. The number of esters is 1. The fraction of sp³-hybridized carbons (Fsp3) is 0.0714. The summed E-state index contributed by atoms with van der Waals surface area (Å²) in [6, 6.07) is 6.25. The first-order valence-corrected chi connectivity index (χ1v) is 5.63. The monoisotopic (exact) mass is 281 g/mol. The van der Waals surface area contributed by atoms with Crippen molar-refractivity contribution in [3.8, 4) is 0 Å². The van der Waals surface area contributed by atoms with Crippen molar-refractivity contribution >= 4 is 11.7 Å². The molecule has 0 heterocycles. The summed E-state index contributed by atoms with van der Waals surface area (Å²) in [6.07, 6.45) is 0. The van der Waals surface area contributed by atoms with E-state index < -0.39 is 23.4 Å². The third-order valence-electron chi connectivity index (χ3n) is 2.53. The number of carbonyl (C=O) groups excluding carboxylic acids is 1. The molecule has 6 heteroatoms. The van der Waals surface area contributed by atoms with Gasteiger partial charge in [0.15, 0.2) is 0 Å². The Hall–Kier alpha value is -2.50. The third kappa shape index (κ3) is 3.28. The first kappa shape index (κ1) is 13.9. The van der Waals surface area contributed by atoms with Crippen LogP contribution in [0.4, 0.5) is 18.9 Å². The van der Waals surface area contributed by atoms with Gasteiger partial charge in [-0.05, 0) is 35.9 Å². The van der Waals surface area contributed by atoms with Gasteiger partial charge in [0.05, 0.1) is 11.3 Å². The number of benzene rings is 2. The lowest BCUT2D eigenvalue weighted by Gasteiger charge is -2.06. The number of nitrogens with two attached hydrogens (primary N) is 1. The van der Waals surface area contributed by atoms with Gasteiger partial charge in [-0.1, -0.05) is 0 Å². The summed E-state index contributed by atoms with van der Waals surface area (Å²) in [7, 11) is 0. The minimum Gasteiger partial charge on any atom is -0.457 e. The molecule has 0 fully saturated rings. The maximum atomic E-state index is 13.2. The smallest absolute Gasteiger partial charge is 0.338 e. The topological polar surface area (TPSA) is 52.3 Å². The highest BCUT2D eigenvalue weighted by Gasteiger charge is 2.10. The third-order valence-corrected chi connectivity index (χ3v) is 2.53. The molecule has 0 aliphatic rings. The summed E-state index contributed by atoms with van der Waals surface area (Å²) < 4.78 is 43.9. The van der Waals surface area contributed by atoms with Gasteiger partial charge in [-0.3, -0.25) is 0 Å². The molecule has 2 aromatic rings. The second-order valence-electron chi connectivity index (χ2n) is 4.09. The average molecular weight is 281 g/mol. The molecule has 104 valence electrons. The van der Waals surface area contributed by atoms with Crippen molar-refractivity contribution in [3.05, 3.63) is 65.0 Å². The predicted molar refractivity (Wildman–Crippen MR) is 66.3 cm³/mol. The molecule has 0 unspecified atom stereocenters. The average Bonchev–Trinajstić information content (AvgIpc) is 2.38. The van der Waals surface area contributed by atoms with E-state index in [0.29, 0.717) is 6.07 Å². The molecule has 3 nitrogen and oxygen atoms in total. The first-order chi connectivity index (χ1) is 9.45. The van der Waals surface area contributed by atoms with Gasteiger partial charge in [0.1, 0.15) is 24.1 Å². The molecule has 0 radical (unpaired) electrons. The fourth-order valence-corrected chi connectivity index (χ4v) is 1.58. The van der Waals surface area contributed by atoms with E-state index in [4.69, 9.17) is 10.5 Å². The maximum Gasteiger partial charge on any atom is 0.338 e. The van der Waals surface area contributed by atoms with Gasteiger partial charge < -0.3 is 10.5 Å². The number of nitrogen functional groups attached to an aromatic ring is 1. The molecule has 0 spiro atoms. The van der Waals surface area contributed by atoms with E-state index >= 15 is 0 Å². The summed E-state index contributed by atoms with van der Waals surface area (Å²) in [4.78, 5) is 11.6. The molecule has 0 aromatic heterocycles. The van der Waals surface area contributed by atoms with Crippen LogP contribution in [0.3, 0.4) is 0 Å². The van der Waals surface area contributed by atoms with Crippen LogP contribution in [0, 0.1) is 17.5 Å². The van der Waals surface area contributed by atoms with E-state index in [9.17, 15) is 18.0 Å². The molecule has 0 aliphatic heterocycles. The quantitative estimate of drug-likeness (QED) is 0.695. The van der Waals surface area contributed by atoms with Crippen LogP contribution in [0.15, 0.2) is 36.4 Å². The van der Waals surface area contributed by atoms with E-state index in [0.717, 1.165) is 18.2 Å². The molecule has 0 saturated carbocycles. The standard InChI is InChI=1S/C14H10F3NO2/c15-10-3-8(4-11(16)6-10)7-20-14(19)9-1-2-13(18)12(17)5-9/h1-6H,7,18H2. The number of anilines is 1. The molecule has 0 atom stereocenters. The lowest BCUT2D eigenvalue weighted by atomic mass is 10.2. The normalized spacial score (nSPS) is 10.3. The molecule has 0 amide bonds. The van der Waals surface area contributed by atoms with Crippen LogP contribution < -0.4 is 5.73 Å². The minimum absolute atomic E-state index is 0.0337. The van der Waals surface area contributed by atoms with Crippen LogP contribution in [-0.2, 0) is 11.3 Å². The van der Waals surface area contributed by atoms with E-state index in [1.807, 2.05) is 0 Å². The lowest BCUT2D eigenvalue weighted by Crippen LogP contribution is -2.06. The van der Waals surface area contributed by atoms with Crippen LogP contribution >= 0.6 is 0 Å². The van der Waals surface area contributed by atoms with Gasteiger partial charge in [0.2, 0.25) is 0 Å². The van der Waals surface area contributed by atoms with E-state index in [2.05, 4.69) is 0 Å². The van der Waals surface area contributed by atoms with E-state index in [-0.39, 0.29) is 23.4 Å². The second-order valence-corrected chi connectivity index (χ2v) is 4.09. The predicted octanol–water partition coefficient (Wildman–Crippen LogP) is 3.04. The van der Waals surface area contributed by atoms with Crippen molar-refractivity contribution in [3.63, 3.8) is 0 Å². The Morgan fingerprint density at radius 3 is 2.30 bits per heavy atom. The van der Waals surface area contributed by atoms with Crippen LogP contribution in [0.2, 0.25) is 0 Å². The Bertz CT molecular complexity index is 639. The van der Waals surface area contributed by atoms with Gasteiger partial charge in [0.25, 0.3) is 0 Å². The van der Waals surface area contributed by atoms with Crippen LogP contribution in [0.1, 0.15) is 15.9 Å². The van der Waals surface area contributed by atoms with Crippen molar-refractivity contribution in [2.75, 3.05) is 5.73 Å². The molecule has 0 bridgehead atoms. The number of carbonyl (C=O) groups is 1. The Labute approximate surface area is 112 Å². The zero-order valence-electron chi connectivity index (χ0n) is 10.2. The number of hydrogen-bond donors (Lipinski definition) is 1. The molecule has 20 heavy (non-hydrogen) atoms. The second kappa shape index (κ2) is 5.64. The zero-order valence-corrected chi connectivity index (χ0v) is 10.2. The van der Waals surface area contributed by atoms with Crippen molar-refractivity contribution < 1.29 is 22.7 Å². The number of rotatable bonds is 3. The van der Waals surface area contributed by atoms with Gasteiger partial charge in [-0.15, -0.1) is 0 Å². The molecule has 0 aliphatic carbocycles. The lowest BCUT2D eigenvalue weighted by molar-refractivity contribution is 0.0471. The molecule has 0 saturated heterocycles. The summed E-state index contributed by atoms with van der Waals surface area (Å²) in [6.45, 7) is -0.320. The van der Waals surface area contributed by atoms with Crippen molar-refractivity contribution in [2.24, 2.45) is 0 Å². The summed E-state index contributed by atoms with van der Waals surface area (Å²) in [5.74, 6) is -3.09. The Kier molecular flexibility index (Phi) is 3.93. The molecule has 2 aromatic carbocycles. The minimum atomic E-state index is -0.812. The Morgan fingerprint density at radius 1 is 1.05 bits per heavy atom. The van der Waals surface area contributed by atoms with Crippen molar-refractivity contribution in [2.45, 2.75) is 6.61 Å². The highest BCUT2D eigenvalue weighted by molar-refractivity contribution is 5.89. The van der Waals surface area contributed by atoms with Crippen molar-refractivity contribution in [1.29, 1.82) is 0 Å². The van der Waals surface area contributed by atoms with Crippen LogP contribution in [-0.4, -0.2) is 5.97 Å². The Morgan fingerprint density at radius 2 is 1.70 bits per heavy atom. The van der Waals surface area contributed by atoms with Gasteiger partial charge in [0, 0.05) is 6.07 Å². The van der Waals surface area contributed by atoms with Gasteiger partial charge in [-0.2, -0.15) is 0 Å². The van der Waals surface area contributed by atoms with E-state index in [1.165, 1.54) is 12.1 Å². The highest BCUT2D eigenvalue weighted by atomic mass is 19.1. The fourth-order valence-electron chi connectivity index (χ4n) is 1.58. The molecular weight excluding hydrogens is 271 g/mol. The van der Waals surface area contributed by atoms with Crippen molar-refractivity contribution in [1.82, 2.24) is 0 Å². The Balaban J connectivity index is 2.06. The molecular formula is C14H10F3NO2. The summed E-state index contributed by atoms with van der Waals surface area (Å²) in [5.41, 5.74) is 5.31. The summed E-state index contributed by atoms with van der Waals surface area (Å²) in [5, 5.41) is 0. The van der Waals surface area contributed by atoms with Gasteiger partial charge in [-0.25, -0.2) is 18.0 Å². The molecule has 2 N–H and O–H groups in total.